The zero-order chi connectivity index (χ0) is 60.2. The van der Waals surface area contributed by atoms with E-state index in [0.717, 1.165) is 0 Å². The number of aliphatic hydroxyl groups excluding tert-OH is 10. The van der Waals surface area contributed by atoms with Crippen LogP contribution >= 0.6 is 15.6 Å². The summed E-state index contributed by atoms with van der Waals surface area (Å²) in [5, 5.41) is 101. The topological polar surface area (TPSA) is 430 Å². The van der Waals surface area contributed by atoms with E-state index in [-0.39, 0.29) is 116 Å². The molecule has 6 rings (SSSR count). The quantitative estimate of drug-likeness (QED) is 0.0253. The second-order valence-corrected chi connectivity index (χ2v) is 25.3. The summed E-state index contributed by atoms with van der Waals surface area (Å²) < 4.78 is 83.1. The highest BCUT2D eigenvalue weighted by molar-refractivity contribution is 7.47. The Labute approximate surface area is 476 Å². The molecule has 32 heteroatoms. The van der Waals surface area contributed by atoms with Crippen molar-refractivity contribution < 1.29 is 131 Å². The number of nitrogens with zero attached hydrogens (tertiary/aromatic N) is 3. The number of rotatable bonds is 30. The van der Waals surface area contributed by atoms with E-state index in [4.69, 9.17) is 46.5 Å². The molecule has 30 nitrogen and oxygen atoms in total. The number of ether oxygens (including phenoxy) is 6. The number of phosphoric ester groups is 2. The van der Waals surface area contributed by atoms with E-state index >= 15 is 0 Å². The Morgan fingerprint density at radius 3 is 1.34 bits per heavy atom. The minimum atomic E-state index is -4.98. The average molecular weight is 1230 g/mol. The maximum Gasteiger partial charge on any atom is 0.472 e. The lowest BCUT2D eigenvalue weighted by molar-refractivity contribution is -0.282. The minimum absolute atomic E-state index is 0.0147. The molecule has 6 aliphatic rings. The summed E-state index contributed by atoms with van der Waals surface area (Å²) in [5.74, 6) is -3.62. The fraction of sp³-hybridized carbons (Fsp3) is 0.940. The largest absolute Gasteiger partial charge is 0.472 e. The van der Waals surface area contributed by atoms with E-state index in [1.54, 1.807) is 20.8 Å². The Morgan fingerprint density at radius 2 is 0.915 bits per heavy atom. The van der Waals surface area contributed by atoms with Gasteiger partial charge in [0.15, 0.2) is 12.6 Å². The van der Waals surface area contributed by atoms with E-state index in [9.17, 15) is 84.4 Å². The highest BCUT2D eigenvalue weighted by atomic mass is 31.2. The first-order valence-electron chi connectivity index (χ1n) is 28.3. The smallest absolute Gasteiger partial charge is 0.396 e. The fourth-order valence-electron chi connectivity index (χ4n) is 11.6. The van der Waals surface area contributed by atoms with E-state index < -0.39 is 182 Å². The van der Waals surface area contributed by atoms with Gasteiger partial charge in [0, 0.05) is 82.9 Å². The number of phosphoric acid groups is 2. The van der Waals surface area contributed by atoms with Crippen molar-refractivity contribution in [3.05, 3.63) is 0 Å². The van der Waals surface area contributed by atoms with Crippen LogP contribution in [0, 0.1) is 23.7 Å². The first-order valence-corrected chi connectivity index (χ1v) is 31.2. The second kappa shape index (κ2) is 31.8. The van der Waals surface area contributed by atoms with Gasteiger partial charge in [0.05, 0.1) is 113 Å². The van der Waals surface area contributed by atoms with Gasteiger partial charge in [0.25, 0.3) is 0 Å². The lowest BCUT2D eigenvalue weighted by atomic mass is 9.77. The third kappa shape index (κ3) is 18.5. The summed E-state index contributed by atoms with van der Waals surface area (Å²) in [7, 11) is -8.52. The van der Waals surface area contributed by atoms with Crippen LogP contribution in [0.2, 0.25) is 0 Å². The summed E-state index contributed by atoms with van der Waals surface area (Å²) in [6.45, 7) is 1.87. The normalized spacial score (nSPS) is 38.7. The highest BCUT2D eigenvalue weighted by Crippen LogP contribution is 2.50. The molecular weight excluding hydrogens is 1140 g/mol. The van der Waals surface area contributed by atoms with Crippen molar-refractivity contribution in [1.29, 1.82) is 0 Å². The maximum absolute atomic E-state index is 13.9. The minimum Gasteiger partial charge on any atom is -0.396 e. The van der Waals surface area contributed by atoms with Crippen molar-refractivity contribution in [1.82, 2.24) is 14.7 Å². The standard InChI is InChI=1S/C50H89N3O27P2/c1-27-37(14-30(21-54)46(64)43(27)61)72-11-5-8-40(58)51-18-34(57)15-31(51)25-75-81(67,68)80-36-17-33(53(20-36)42(60)10-7-13-74-50-29(3)45(63)48(66)39(23-56)78-50)26-76-82(69,70)79-35-16-32(24-71-4)52(19-35)41(59)9-6-12-73-49-28(2)44(62)47(65)38(22-55)77-49/h27-39,43-50,54-57,61-66H,5-26H2,1-4H3,(H,67,68)(H,69,70)/t27?,28?,29?,30?,31-,32-,33-,34+,35+,36+,37+,38?,39?,43+,44+,45+,46-,47-,48-,49+,50+/m0/s1. The van der Waals surface area contributed by atoms with Gasteiger partial charge in [0.2, 0.25) is 17.7 Å². The molecule has 0 aromatic rings. The van der Waals surface area contributed by atoms with Crippen LogP contribution in [-0.2, 0) is 70.0 Å². The fourth-order valence-corrected chi connectivity index (χ4v) is 13.5. The van der Waals surface area contributed by atoms with Crippen molar-refractivity contribution in [3.8, 4) is 0 Å². The zero-order valence-electron chi connectivity index (χ0n) is 46.9. The van der Waals surface area contributed by atoms with Gasteiger partial charge in [-0.2, -0.15) is 0 Å². The van der Waals surface area contributed by atoms with Crippen molar-refractivity contribution in [2.75, 3.05) is 86.2 Å². The van der Waals surface area contributed by atoms with Crippen LogP contribution in [0.5, 0.6) is 0 Å². The molecule has 0 bridgehead atoms. The molecule has 5 saturated heterocycles. The number of methoxy groups -OCH3 is 1. The lowest BCUT2D eigenvalue weighted by Crippen LogP contribution is -2.55. The van der Waals surface area contributed by atoms with Crippen molar-refractivity contribution >= 4 is 33.4 Å². The van der Waals surface area contributed by atoms with E-state index in [2.05, 4.69) is 0 Å². The number of aliphatic hydroxyl groups is 10. The van der Waals surface area contributed by atoms with Crippen LogP contribution in [0.1, 0.15) is 85.0 Å². The Balaban J connectivity index is 1.02. The van der Waals surface area contributed by atoms with Crippen molar-refractivity contribution in [2.45, 2.75) is 189 Å². The van der Waals surface area contributed by atoms with E-state index in [0.29, 0.717) is 6.42 Å². The molecule has 3 amide bonds. The van der Waals surface area contributed by atoms with Crippen LogP contribution in [0.3, 0.4) is 0 Å². The maximum atomic E-state index is 13.9. The summed E-state index contributed by atoms with van der Waals surface area (Å²) in [5.41, 5.74) is 0. The van der Waals surface area contributed by atoms with Crippen molar-refractivity contribution in [3.63, 3.8) is 0 Å². The van der Waals surface area contributed by atoms with Gasteiger partial charge in [-0.25, -0.2) is 9.13 Å². The number of β-amino-alcohol motifs (C(OH)–C–C–N with tert-alkyl or cyclic N) is 1. The van der Waals surface area contributed by atoms with Crippen molar-refractivity contribution in [2.24, 2.45) is 23.7 Å². The molecule has 23 atom stereocenters. The molecule has 6 fully saturated rings. The Kier molecular flexibility index (Phi) is 26.8. The monoisotopic (exact) mass is 1230 g/mol. The van der Waals surface area contributed by atoms with Gasteiger partial charge in [-0.3, -0.25) is 32.5 Å². The molecular formula is C50H89N3O27P2. The number of carbonyl (C=O) groups is 3. The van der Waals surface area contributed by atoms with Crippen LogP contribution in [0.4, 0.5) is 0 Å². The number of hydrogen-bond donors (Lipinski definition) is 12. The first kappa shape index (κ1) is 69.1. The second-order valence-electron chi connectivity index (χ2n) is 22.5. The molecule has 1 saturated carbocycles. The number of hydrogen-bond acceptors (Lipinski definition) is 25. The molecule has 5 aliphatic heterocycles. The first-order chi connectivity index (χ1) is 38.8. The molecule has 0 radical (unpaired) electrons. The van der Waals surface area contributed by atoms with Gasteiger partial charge < -0.3 is 104 Å². The molecule has 0 aromatic heterocycles. The molecule has 0 spiro atoms. The van der Waals surface area contributed by atoms with Gasteiger partial charge in [-0.05, 0) is 44.9 Å². The number of likely N-dealkylation sites (tertiary alicyclic amines) is 3. The van der Waals surface area contributed by atoms with Crippen LogP contribution < -0.4 is 0 Å². The van der Waals surface area contributed by atoms with Gasteiger partial charge in [0.1, 0.15) is 24.4 Å². The lowest BCUT2D eigenvalue weighted by Gasteiger charge is -2.40. The molecule has 12 N–H and O–H groups in total. The molecule has 8 unspecified atom stereocenters. The summed E-state index contributed by atoms with van der Waals surface area (Å²) in [6.07, 6.45) is -14.7. The van der Waals surface area contributed by atoms with Crippen LogP contribution in [0.25, 0.3) is 0 Å². The highest BCUT2D eigenvalue weighted by Gasteiger charge is 2.47. The molecule has 0 aromatic carbocycles. The molecule has 1 aliphatic carbocycles. The van der Waals surface area contributed by atoms with Gasteiger partial charge >= 0.3 is 15.6 Å². The molecule has 476 valence electrons. The SMILES string of the molecule is COC[C@@H]1C[C@@H](OP(=O)(O)OC[C@@H]2C[C@@H](OP(=O)(O)OC[C@@H]3C[C@@H](O)CN3C(=O)CCCO[C@@H]3CC(CO)[C@H](O)[C@H](O)C3C)CN2C(=O)CCCO[C@@H]2OC(CO)[C@H](O)[C@H](O)C2C)CN1C(=O)CCCO[C@@H]1OC(CO)[C@H](O)[C@H](O)C1C. The Hall–Kier alpha value is -2.01. The summed E-state index contributed by atoms with van der Waals surface area (Å²) in [4.78, 5) is 66.8. The summed E-state index contributed by atoms with van der Waals surface area (Å²) in [6, 6.07) is -2.44. The number of carbonyl (C=O) groups excluding carboxylic acids is 3. The third-order valence-electron chi connectivity index (χ3n) is 16.5. The van der Waals surface area contributed by atoms with Crippen LogP contribution in [-0.4, -0.2) is 283 Å². The summed E-state index contributed by atoms with van der Waals surface area (Å²) >= 11 is 0. The van der Waals surface area contributed by atoms with Gasteiger partial charge in [-0.1, -0.05) is 20.8 Å². The Bertz CT molecular complexity index is 2100. The predicted molar refractivity (Wildman–Crippen MR) is 279 cm³/mol. The van der Waals surface area contributed by atoms with E-state index in [1.165, 1.54) is 21.8 Å². The molecule has 82 heavy (non-hydrogen) atoms. The van der Waals surface area contributed by atoms with E-state index in [1.807, 2.05) is 0 Å². The number of amides is 3. The zero-order valence-corrected chi connectivity index (χ0v) is 48.7. The van der Waals surface area contributed by atoms with Crippen LogP contribution in [0.15, 0.2) is 0 Å². The average Bonchev–Trinajstić information content (AvgIpc) is 4.26. The molecule has 5 heterocycles. The Morgan fingerprint density at radius 1 is 0.512 bits per heavy atom. The van der Waals surface area contributed by atoms with Gasteiger partial charge in [-0.15, -0.1) is 0 Å². The predicted octanol–water partition coefficient (Wildman–Crippen LogP) is -2.92. The third-order valence-corrected chi connectivity index (χ3v) is 18.6.